The SMILES string of the molecule is C1CCOC1.C1CCOC1.COc1ccc(C(c2ccc(OC)cc2)(c2ccc(OC)cc2)P2C(=O)P(C(c3ccc(OC)cc3)(c3ccc(OC)cc3)c3ccc(OC)cc3)C2=O)cc1. The van der Waals surface area contributed by atoms with Crippen LogP contribution in [0, 0.1) is 0 Å². The Kier molecular flexibility index (Phi) is 16.5. The van der Waals surface area contributed by atoms with Gasteiger partial charge in [-0.05, 0) is 132 Å². The van der Waals surface area contributed by atoms with Crippen molar-refractivity contribution in [1.29, 1.82) is 0 Å². The minimum atomic E-state index is -2.09. The van der Waals surface area contributed by atoms with E-state index < -0.39 is 26.2 Å². The van der Waals surface area contributed by atoms with Crippen LogP contribution in [0.2, 0.25) is 0 Å². The average Bonchev–Trinajstić information content (AvgIpc) is 4.19. The molecular formula is C54H58O10P2. The molecule has 3 aliphatic heterocycles. The molecule has 0 aromatic heterocycles. The van der Waals surface area contributed by atoms with Gasteiger partial charge in [-0.1, -0.05) is 72.8 Å². The Balaban J connectivity index is 0.000000573. The lowest BCUT2D eigenvalue weighted by Crippen LogP contribution is -2.42. The van der Waals surface area contributed by atoms with Gasteiger partial charge < -0.3 is 37.9 Å². The summed E-state index contributed by atoms with van der Waals surface area (Å²) in [5, 5.41) is -2.52. The summed E-state index contributed by atoms with van der Waals surface area (Å²) in [6, 6.07) is 46.0. The van der Waals surface area contributed by atoms with E-state index in [0.29, 0.717) is 34.5 Å². The maximum absolute atomic E-state index is 15.9. The largest absolute Gasteiger partial charge is 0.497 e. The Labute approximate surface area is 391 Å². The van der Waals surface area contributed by atoms with Crippen LogP contribution in [0.25, 0.3) is 0 Å². The highest BCUT2D eigenvalue weighted by molar-refractivity contribution is 8.34. The minimum absolute atomic E-state index is 0.0788. The molecule has 0 bridgehead atoms. The van der Waals surface area contributed by atoms with Crippen molar-refractivity contribution in [2.45, 2.75) is 36.0 Å². The highest BCUT2D eigenvalue weighted by atomic mass is 31.2. The first kappa shape index (κ1) is 48.2. The van der Waals surface area contributed by atoms with Crippen LogP contribution in [0.4, 0.5) is 9.59 Å². The van der Waals surface area contributed by atoms with Gasteiger partial charge in [-0.3, -0.25) is 9.59 Å². The third kappa shape index (κ3) is 9.70. The molecule has 344 valence electrons. The summed E-state index contributed by atoms with van der Waals surface area (Å²) >= 11 is 0. The summed E-state index contributed by atoms with van der Waals surface area (Å²) in [6.45, 7) is 4.00. The lowest BCUT2D eigenvalue weighted by atomic mass is 9.83. The number of methoxy groups -OCH3 is 6. The predicted octanol–water partition coefficient (Wildman–Crippen LogP) is 12.8. The first-order valence-electron chi connectivity index (χ1n) is 22.0. The van der Waals surface area contributed by atoms with Crippen LogP contribution in [0.3, 0.4) is 0 Å². The van der Waals surface area contributed by atoms with Crippen LogP contribution in [-0.4, -0.2) is 79.6 Å². The van der Waals surface area contributed by atoms with Gasteiger partial charge in [0, 0.05) is 26.4 Å². The van der Waals surface area contributed by atoms with Gasteiger partial charge in [-0.25, -0.2) is 0 Å². The van der Waals surface area contributed by atoms with Crippen molar-refractivity contribution in [2.75, 3.05) is 69.1 Å². The lowest BCUT2D eigenvalue weighted by molar-refractivity contribution is 0.198. The van der Waals surface area contributed by atoms with E-state index in [1.807, 2.05) is 146 Å². The van der Waals surface area contributed by atoms with Gasteiger partial charge in [0.05, 0.1) is 68.8 Å². The number of carbonyl (C=O) groups is 2. The van der Waals surface area contributed by atoms with E-state index in [-0.39, 0.29) is 10.5 Å². The number of carbonyl (C=O) groups excluding carboxylic acids is 2. The summed E-state index contributed by atoms with van der Waals surface area (Å²) in [7, 11) is 5.51. The van der Waals surface area contributed by atoms with E-state index in [1.165, 1.54) is 25.7 Å². The van der Waals surface area contributed by atoms with E-state index in [9.17, 15) is 0 Å². The number of benzene rings is 6. The van der Waals surface area contributed by atoms with E-state index >= 15 is 9.59 Å². The van der Waals surface area contributed by atoms with Crippen LogP contribution in [0.15, 0.2) is 146 Å². The first-order valence-corrected chi connectivity index (χ1v) is 24.7. The summed E-state index contributed by atoms with van der Waals surface area (Å²) in [5.41, 5.74) is 4.75. The maximum Gasteiger partial charge on any atom is 0.194 e. The van der Waals surface area contributed by atoms with Crippen LogP contribution < -0.4 is 28.4 Å². The van der Waals surface area contributed by atoms with Gasteiger partial charge in [0.1, 0.15) is 34.5 Å². The topological polar surface area (TPSA) is 108 Å². The van der Waals surface area contributed by atoms with Crippen LogP contribution >= 0.6 is 15.8 Å². The predicted molar refractivity (Wildman–Crippen MR) is 262 cm³/mol. The second kappa shape index (κ2) is 22.6. The van der Waals surface area contributed by atoms with Gasteiger partial charge in [0.2, 0.25) is 0 Å². The molecule has 10 nitrogen and oxygen atoms in total. The van der Waals surface area contributed by atoms with Crippen LogP contribution in [0.5, 0.6) is 34.5 Å². The summed E-state index contributed by atoms with van der Waals surface area (Å²) < 4.78 is 43.3. The number of hydrogen-bond donors (Lipinski definition) is 0. The van der Waals surface area contributed by atoms with Gasteiger partial charge >= 0.3 is 0 Å². The Morgan fingerprint density at radius 2 is 0.485 bits per heavy atom. The quantitative estimate of drug-likeness (QED) is 0.0774. The van der Waals surface area contributed by atoms with Crippen molar-refractivity contribution in [3.8, 4) is 34.5 Å². The molecule has 9 rings (SSSR count). The Hall–Kier alpha value is -5.76. The molecule has 0 unspecified atom stereocenters. The Morgan fingerprint density at radius 1 is 0.318 bits per heavy atom. The summed E-state index contributed by atoms with van der Waals surface area (Å²) in [5.74, 6) is 3.95. The highest BCUT2D eigenvalue weighted by Gasteiger charge is 2.68. The summed E-state index contributed by atoms with van der Waals surface area (Å²) in [6.07, 6.45) is 5.11. The van der Waals surface area contributed by atoms with Crippen molar-refractivity contribution in [3.63, 3.8) is 0 Å². The molecule has 3 fully saturated rings. The number of rotatable bonds is 14. The molecule has 3 heterocycles. The van der Waals surface area contributed by atoms with E-state index in [0.717, 1.165) is 59.8 Å². The molecule has 0 amide bonds. The lowest BCUT2D eigenvalue weighted by Gasteiger charge is -2.53. The van der Waals surface area contributed by atoms with E-state index in [4.69, 9.17) is 37.9 Å². The molecular weight excluding hydrogens is 871 g/mol. The van der Waals surface area contributed by atoms with Crippen LogP contribution in [-0.2, 0) is 19.8 Å². The normalized spacial score (nSPS) is 16.7. The zero-order chi connectivity index (χ0) is 46.5. The molecule has 0 N–H and O–H groups in total. The smallest absolute Gasteiger partial charge is 0.194 e. The van der Waals surface area contributed by atoms with Gasteiger partial charge in [0.15, 0.2) is 10.5 Å². The molecule has 0 spiro atoms. The average molecular weight is 929 g/mol. The first-order chi connectivity index (χ1) is 32.3. The fourth-order valence-electron chi connectivity index (χ4n) is 8.68. The van der Waals surface area contributed by atoms with Gasteiger partial charge in [0.25, 0.3) is 0 Å². The zero-order valence-corrected chi connectivity index (χ0v) is 40.3. The molecule has 6 aromatic carbocycles. The maximum atomic E-state index is 15.9. The fraction of sp³-hybridized carbons (Fsp3) is 0.296. The molecule has 0 aliphatic carbocycles. The van der Waals surface area contributed by atoms with Crippen molar-refractivity contribution < 1.29 is 47.5 Å². The van der Waals surface area contributed by atoms with Crippen molar-refractivity contribution in [3.05, 3.63) is 179 Å². The van der Waals surface area contributed by atoms with Gasteiger partial charge in [-0.15, -0.1) is 0 Å². The number of ether oxygens (including phenoxy) is 8. The summed E-state index contributed by atoms with van der Waals surface area (Å²) in [4.78, 5) is 31.9. The molecule has 0 atom stereocenters. The Bertz CT molecular complexity index is 2030. The molecule has 3 saturated heterocycles. The molecule has 3 aliphatic rings. The van der Waals surface area contributed by atoms with Crippen molar-refractivity contribution in [2.24, 2.45) is 0 Å². The standard InChI is InChI=1S/C46H42O8P2.2C4H8O/c1-49-37-19-7-31(8-20-37)45(32-9-21-38(50-2)22-10-32,33-11-23-39(51-3)24-12-33)55-43(47)56(44(55)48)46(34-13-25-40(52-4)26-14-34,35-15-27-41(53-5)28-16-35)36-17-29-42(54-6)30-18-36;2*1-2-4-5-3-1/h7-30H,1-6H3;2*1-4H2. The van der Waals surface area contributed by atoms with Crippen molar-refractivity contribution >= 4 is 26.4 Å². The second-order valence-electron chi connectivity index (χ2n) is 15.7. The highest BCUT2D eigenvalue weighted by Crippen LogP contribution is 2.88. The van der Waals surface area contributed by atoms with E-state index in [2.05, 4.69) is 0 Å². The molecule has 12 heteroatoms. The molecule has 0 radical (unpaired) electrons. The third-order valence-electron chi connectivity index (χ3n) is 12.1. The fourth-order valence-corrected chi connectivity index (χ4v) is 16.4. The van der Waals surface area contributed by atoms with Crippen LogP contribution in [0.1, 0.15) is 59.1 Å². The monoisotopic (exact) mass is 928 g/mol. The van der Waals surface area contributed by atoms with Gasteiger partial charge in [-0.2, -0.15) is 0 Å². The molecule has 0 saturated carbocycles. The molecule has 6 aromatic rings. The van der Waals surface area contributed by atoms with E-state index in [1.54, 1.807) is 42.7 Å². The molecule has 66 heavy (non-hydrogen) atoms. The number of hydrogen-bond acceptors (Lipinski definition) is 10. The van der Waals surface area contributed by atoms with Crippen molar-refractivity contribution in [1.82, 2.24) is 0 Å². The zero-order valence-electron chi connectivity index (χ0n) is 38.5. The third-order valence-corrected chi connectivity index (χ3v) is 19.0. The Morgan fingerprint density at radius 3 is 0.606 bits per heavy atom. The minimum Gasteiger partial charge on any atom is -0.497 e. The second-order valence-corrected chi connectivity index (χ2v) is 20.7.